The van der Waals surface area contributed by atoms with Gasteiger partial charge in [0, 0.05) is 16.3 Å². The average Bonchev–Trinajstić information content (AvgIpc) is 2.96. The first-order chi connectivity index (χ1) is 10.6. The Kier molecular flexibility index (Phi) is 4.39. The van der Waals surface area contributed by atoms with Crippen LogP contribution < -0.4 is 11.1 Å². The maximum atomic E-state index is 12.1. The summed E-state index contributed by atoms with van der Waals surface area (Å²) in [7, 11) is 0. The zero-order valence-electron chi connectivity index (χ0n) is 12.7. The molecule has 0 saturated carbocycles. The highest BCUT2D eigenvalue weighted by Crippen LogP contribution is 2.27. The van der Waals surface area contributed by atoms with Crippen molar-refractivity contribution in [3.05, 3.63) is 53.1 Å². The summed E-state index contributed by atoms with van der Waals surface area (Å²) >= 11 is 1.58. The van der Waals surface area contributed by atoms with E-state index in [1.165, 1.54) is 35.3 Å². The van der Waals surface area contributed by atoms with Gasteiger partial charge >= 0.3 is 0 Å². The number of carbonyl (C=O) groups excluding carboxylic acids is 1. The molecule has 0 heterocycles. The van der Waals surface area contributed by atoms with Crippen molar-refractivity contribution < 1.29 is 4.79 Å². The summed E-state index contributed by atoms with van der Waals surface area (Å²) in [6, 6.07) is 12.1. The van der Waals surface area contributed by atoms with E-state index in [9.17, 15) is 4.79 Å². The number of aryl methyl sites for hydroxylation is 3. The van der Waals surface area contributed by atoms with Crippen LogP contribution in [0.4, 0.5) is 11.4 Å². The number of benzene rings is 2. The number of carbonyl (C=O) groups is 1. The molecule has 1 amide bonds. The van der Waals surface area contributed by atoms with Gasteiger partial charge in [-0.3, -0.25) is 4.79 Å². The second-order valence-electron chi connectivity index (χ2n) is 5.70. The topological polar surface area (TPSA) is 55.1 Å². The first-order valence-electron chi connectivity index (χ1n) is 7.52. The molecule has 3 rings (SSSR count). The Morgan fingerprint density at radius 1 is 1.18 bits per heavy atom. The number of nitrogens with two attached hydrogens (primary N) is 1. The highest BCUT2D eigenvalue weighted by molar-refractivity contribution is 8.00. The van der Waals surface area contributed by atoms with Crippen molar-refractivity contribution in [2.24, 2.45) is 0 Å². The second-order valence-corrected chi connectivity index (χ2v) is 6.74. The molecule has 114 valence electrons. The summed E-state index contributed by atoms with van der Waals surface area (Å²) in [5.74, 6) is 0.409. The van der Waals surface area contributed by atoms with Crippen LogP contribution in [0.25, 0.3) is 0 Å². The van der Waals surface area contributed by atoms with Crippen molar-refractivity contribution in [2.45, 2.75) is 31.1 Å². The summed E-state index contributed by atoms with van der Waals surface area (Å²) in [5.41, 5.74) is 11.1. The van der Waals surface area contributed by atoms with Crippen molar-refractivity contribution in [1.82, 2.24) is 0 Å². The van der Waals surface area contributed by atoms with Crippen LogP contribution in [0.2, 0.25) is 0 Å². The molecule has 0 radical (unpaired) electrons. The lowest BCUT2D eigenvalue weighted by molar-refractivity contribution is -0.113. The fourth-order valence-corrected chi connectivity index (χ4v) is 3.51. The normalized spacial score (nSPS) is 13.0. The lowest BCUT2D eigenvalue weighted by Crippen LogP contribution is -2.15. The molecule has 4 heteroatoms. The molecular formula is C18H20N2OS. The number of thioether (sulfide) groups is 1. The van der Waals surface area contributed by atoms with Crippen LogP contribution in [-0.2, 0) is 17.6 Å². The molecule has 3 N–H and O–H groups in total. The van der Waals surface area contributed by atoms with E-state index in [2.05, 4.69) is 23.5 Å². The van der Waals surface area contributed by atoms with Crippen LogP contribution in [0.1, 0.15) is 23.1 Å². The maximum absolute atomic E-state index is 12.1. The van der Waals surface area contributed by atoms with Gasteiger partial charge in [-0.1, -0.05) is 12.1 Å². The number of rotatable bonds is 4. The summed E-state index contributed by atoms with van der Waals surface area (Å²) in [6.07, 6.45) is 3.60. The van der Waals surface area contributed by atoms with Crippen molar-refractivity contribution in [1.29, 1.82) is 0 Å². The number of hydrogen-bond donors (Lipinski definition) is 2. The number of anilines is 2. The van der Waals surface area contributed by atoms with Crippen molar-refractivity contribution in [3.63, 3.8) is 0 Å². The molecule has 0 bridgehead atoms. The number of hydrogen-bond acceptors (Lipinski definition) is 3. The van der Waals surface area contributed by atoms with E-state index in [4.69, 9.17) is 5.73 Å². The molecule has 22 heavy (non-hydrogen) atoms. The highest BCUT2D eigenvalue weighted by atomic mass is 32.2. The van der Waals surface area contributed by atoms with Crippen molar-refractivity contribution >= 4 is 29.0 Å². The average molecular weight is 312 g/mol. The molecule has 0 unspecified atom stereocenters. The number of amides is 1. The van der Waals surface area contributed by atoms with E-state index >= 15 is 0 Å². The largest absolute Gasteiger partial charge is 0.399 e. The lowest BCUT2D eigenvalue weighted by atomic mass is 10.1. The third-order valence-corrected chi connectivity index (χ3v) is 4.97. The van der Waals surface area contributed by atoms with E-state index in [1.807, 2.05) is 19.1 Å². The van der Waals surface area contributed by atoms with Gasteiger partial charge in [-0.25, -0.2) is 0 Å². The fraction of sp³-hybridized carbons (Fsp3) is 0.278. The zero-order valence-corrected chi connectivity index (χ0v) is 13.5. The number of fused-ring (bicyclic) bond motifs is 1. The molecule has 1 aliphatic carbocycles. The van der Waals surface area contributed by atoms with Gasteiger partial charge in [0.15, 0.2) is 0 Å². The van der Waals surface area contributed by atoms with Gasteiger partial charge in [0.25, 0.3) is 0 Å². The maximum Gasteiger partial charge on any atom is 0.234 e. The summed E-state index contributed by atoms with van der Waals surface area (Å²) in [5, 5.41) is 2.93. The van der Waals surface area contributed by atoms with Crippen molar-refractivity contribution in [2.75, 3.05) is 16.8 Å². The van der Waals surface area contributed by atoms with Gasteiger partial charge < -0.3 is 11.1 Å². The Morgan fingerprint density at radius 2 is 2.00 bits per heavy atom. The molecule has 0 aromatic heterocycles. The Bertz CT molecular complexity index is 712. The molecule has 2 aromatic carbocycles. The van der Waals surface area contributed by atoms with Crippen LogP contribution in [-0.4, -0.2) is 11.7 Å². The molecular weight excluding hydrogens is 292 g/mol. The predicted molar refractivity (Wildman–Crippen MR) is 93.4 cm³/mol. The molecule has 1 aliphatic rings. The van der Waals surface area contributed by atoms with E-state index in [0.29, 0.717) is 11.4 Å². The zero-order chi connectivity index (χ0) is 15.5. The standard InChI is InChI=1S/C18H20N2OS/c1-12-5-7-15(19)10-17(12)20-18(21)11-22-16-8-6-13-3-2-4-14(13)9-16/h5-10H,2-4,11,19H2,1H3,(H,20,21). The molecule has 0 atom stereocenters. The quantitative estimate of drug-likeness (QED) is 0.667. The molecule has 0 aliphatic heterocycles. The molecule has 0 fully saturated rings. The van der Waals surface area contributed by atoms with E-state index in [-0.39, 0.29) is 5.91 Å². The minimum Gasteiger partial charge on any atom is -0.399 e. The van der Waals surface area contributed by atoms with Crippen LogP contribution in [0, 0.1) is 6.92 Å². The van der Waals surface area contributed by atoms with E-state index < -0.39 is 0 Å². The first-order valence-corrected chi connectivity index (χ1v) is 8.51. The Hall–Kier alpha value is -1.94. The number of nitrogen functional groups attached to an aromatic ring is 1. The highest BCUT2D eigenvalue weighted by Gasteiger charge is 2.12. The van der Waals surface area contributed by atoms with Gasteiger partial charge in [0.1, 0.15) is 0 Å². The van der Waals surface area contributed by atoms with Crippen LogP contribution >= 0.6 is 11.8 Å². The van der Waals surface area contributed by atoms with Gasteiger partial charge in [0.05, 0.1) is 5.75 Å². The molecule has 2 aromatic rings. The van der Waals surface area contributed by atoms with E-state index in [0.717, 1.165) is 11.3 Å². The van der Waals surface area contributed by atoms with Crippen LogP contribution in [0.5, 0.6) is 0 Å². The predicted octanol–water partition coefficient (Wildman–Crippen LogP) is 3.80. The van der Waals surface area contributed by atoms with Crippen LogP contribution in [0.3, 0.4) is 0 Å². The summed E-state index contributed by atoms with van der Waals surface area (Å²) < 4.78 is 0. The third kappa shape index (κ3) is 3.45. The van der Waals surface area contributed by atoms with Gasteiger partial charge in [-0.2, -0.15) is 0 Å². The SMILES string of the molecule is Cc1ccc(N)cc1NC(=O)CSc1ccc2c(c1)CCC2. The van der Waals surface area contributed by atoms with Gasteiger partial charge in [-0.05, 0) is 67.1 Å². The molecule has 0 saturated heterocycles. The third-order valence-electron chi connectivity index (χ3n) is 3.98. The molecule has 3 nitrogen and oxygen atoms in total. The second kappa shape index (κ2) is 6.44. The molecule has 0 spiro atoms. The Balaban J connectivity index is 1.59. The minimum absolute atomic E-state index is 0.000742. The first kappa shape index (κ1) is 15.0. The van der Waals surface area contributed by atoms with Gasteiger partial charge in [-0.15, -0.1) is 11.8 Å². The minimum atomic E-state index is -0.000742. The summed E-state index contributed by atoms with van der Waals surface area (Å²) in [6.45, 7) is 1.96. The smallest absolute Gasteiger partial charge is 0.234 e. The Morgan fingerprint density at radius 3 is 2.86 bits per heavy atom. The van der Waals surface area contributed by atoms with E-state index in [1.54, 1.807) is 17.8 Å². The Labute approximate surface area is 135 Å². The monoisotopic (exact) mass is 312 g/mol. The summed E-state index contributed by atoms with van der Waals surface area (Å²) in [4.78, 5) is 13.3. The number of nitrogens with one attached hydrogen (secondary N) is 1. The lowest BCUT2D eigenvalue weighted by Gasteiger charge is -2.09. The van der Waals surface area contributed by atoms with Crippen LogP contribution in [0.15, 0.2) is 41.3 Å². The van der Waals surface area contributed by atoms with Gasteiger partial charge in [0.2, 0.25) is 5.91 Å². The van der Waals surface area contributed by atoms with Crippen molar-refractivity contribution in [3.8, 4) is 0 Å². The fourth-order valence-electron chi connectivity index (χ4n) is 2.75.